The fraction of sp³-hybridized carbons (Fsp3) is 0.524. The first kappa shape index (κ1) is 19.0. The number of methoxy groups -OCH3 is 1. The lowest BCUT2D eigenvalue weighted by Crippen LogP contribution is -2.42. The van der Waals surface area contributed by atoms with E-state index in [-0.39, 0.29) is 12.1 Å². The third kappa shape index (κ3) is 4.05. The van der Waals surface area contributed by atoms with Gasteiger partial charge in [0.15, 0.2) is 5.76 Å². The third-order valence-electron chi connectivity index (χ3n) is 5.78. The molecule has 1 saturated carbocycles. The fourth-order valence-corrected chi connectivity index (χ4v) is 4.42. The largest absolute Gasteiger partial charge is 0.488 e. The molecule has 28 heavy (non-hydrogen) atoms. The lowest BCUT2D eigenvalue weighted by Gasteiger charge is -2.35. The first-order valence-corrected chi connectivity index (χ1v) is 9.69. The van der Waals surface area contributed by atoms with Crippen molar-refractivity contribution >= 4 is 5.97 Å². The van der Waals surface area contributed by atoms with Crippen molar-refractivity contribution in [2.45, 2.75) is 38.5 Å². The van der Waals surface area contributed by atoms with Gasteiger partial charge in [0.25, 0.3) is 0 Å². The second-order valence-corrected chi connectivity index (χ2v) is 7.86. The number of hydrogen-bond acceptors (Lipinski definition) is 7. The predicted molar refractivity (Wildman–Crippen MR) is 101 cm³/mol. The minimum atomic E-state index is -0.492. The van der Waals surface area contributed by atoms with E-state index < -0.39 is 6.10 Å². The van der Waals surface area contributed by atoms with Crippen molar-refractivity contribution in [1.29, 1.82) is 0 Å². The number of aliphatic hydroxyl groups excluding tert-OH is 1. The predicted octanol–water partition coefficient (Wildman–Crippen LogP) is 2.42. The monoisotopic (exact) mass is 386 g/mol. The van der Waals surface area contributed by atoms with E-state index in [1.165, 1.54) is 7.11 Å². The molecule has 2 fully saturated rings. The zero-order valence-electron chi connectivity index (χ0n) is 16.2. The van der Waals surface area contributed by atoms with Gasteiger partial charge in [-0.1, -0.05) is 5.16 Å². The van der Waals surface area contributed by atoms with Crippen LogP contribution < -0.4 is 4.74 Å². The smallest absolute Gasteiger partial charge is 0.337 e. The highest BCUT2D eigenvalue weighted by molar-refractivity contribution is 5.89. The molecule has 0 amide bonds. The number of nitrogens with zero attached hydrogens (tertiary/aromatic N) is 2. The van der Waals surface area contributed by atoms with E-state index in [0.29, 0.717) is 23.1 Å². The van der Waals surface area contributed by atoms with Crippen LogP contribution in [0.25, 0.3) is 0 Å². The van der Waals surface area contributed by atoms with E-state index in [1.54, 1.807) is 24.3 Å². The van der Waals surface area contributed by atoms with Crippen LogP contribution in [0.4, 0.5) is 0 Å². The zero-order chi connectivity index (χ0) is 19.7. The van der Waals surface area contributed by atoms with Crippen molar-refractivity contribution < 1.29 is 23.9 Å². The number of carbonyl (C=O) groups is 1. The Balaban J connectivity index is 1.35. The average Bonchev–Trinajstić information content (AvgIpc) is 3.27. The van der Waals surface area contributed by atoms with Crippen LogP contribution in [0.1, 0.15) is 34.7 Å². The Hall–Kier alpha value is -2.38. The number of aliphatic hydroxyl groups is 1. The highest BCUT2D eigenvalue weighted by Gasteiger charge is 2.42. The molecule has 1 aliphatic carbocycles. The van der Waals surface area contributed by atoms with Gasteiger partial charge in [-0.05, 0) is 55.9 Å². The Labute approximate surface area is 164 Å². The van der Waals surface area contributed by atoms with E-state index in [0.717, 1.165) is 43.9 Å². The van der Waals surface area contributed by atoms with E-state index in [9.17, 15) is 9.90 Å². The van der Waals surface area contributed by atoms with Crippen LogP contribution in [0.3, 0.4) is 0 Å². The van der Waals surface area contributed by atoms with Gasteiger partial charge in [-0.2, -0.15) is 0 Å². The van der Waals surface area contributed by atoms with Gasteiger partial charge in [-0.25, -0.2) is 4.79 Å². The van der Waals surface area contributed by atoms with E-state index in [4.69, 9.17) is 14.0 Å². The molecule has 1 aromatic carbocycles. The lowest BCUT2D eigenvalue weighted by molar-refractivity contribution is -0.0231. The molecule has 7 nitrogen and oxygen atoms in total. The molecule has 0 unspecified atom stereocenters. The standard InChI is InChI=1S/C21H26N2O5/c1-13-7-18(28-22-13)12-23-10-15-8-19(24)20(9-16(15)11-23)27-17-5-3-14(4-6-17)21(25)26-2/h3-7,15-16,19-20,24H,8-12H2,1-2H3/t15-,16+,19-,20-/m0/s1. The summed E-state index contributed by atoms with van der Waals surface area (Å²) >= 11 is 0. The summed E-state index contributed by atoms with van der Waals surface area (Å²) in [6.07, 6.45) is 0.824. The van der Waals surface area contributed by atoms with Crippen LogP contribution in [0.5, 0.6) is 5.75 Å². The summed E-state index contributed by atoms with van der Waals surface area (Å²) in [4.78, 5) is 13.9. The summed E-state index contributed by atoms with van der Waals surface area (Å²) in [7, 11) is 1.36. The van der Waals surface area contributed by atoms with Crippen LogP contribution in [0.15, 0.2) is 34.9 Å². The fourth-order valence-electron chi connectivity index (χ4n) is 4.42. The van der Waals surface area contributed by atoms with E-state index in [1.807, 2.05) is 13.0 Å². The maximum absolute atomic E-state index is 11.5. The normalized spacial score (nSPS) is 27.4. The van der Waals surface area contributed by atoms with Crippen LogP contribution in [-0.2, 0) is 11.3 Å². The van der Waals surface area contributed by atoms with Crippen LogP contribution in [-0.4, -0.2) is 53.5 Å². The first-order chi connectivity index (χ1) is 13.5. The summed E-state index contributed by atoms with van der Waals surface area (Å²) in [5.74, 6) is 2.13. The summed E-state index contributed by atoms with van der Waals surface area (Å²) in [5, 5.41) is 14.5. The number of ether oxygens (including phenoxy) is 2. The number of likely N-dealkylation sites (tertiary alicyclic amines) is 1. The topological polar surface area (TPSA) is 85.0 Å². The maximum Gasteiger partial charge on any atom is 0.337 e. The zero-order valence-corrected chi connectivity index (χ0v) is 16.2. The molecule has 2 aromatic rings. The Kier molecular flexibility index (Phi) is 5.37. The molecule has 7 heteroatoms. The number of hydrogen-bond donors (Lipinski definition) is 1. The molecule has 4 rings (SSSR count). The Morgan fingerprint density at radius 1 is 1.25 bits per heavy atom. The highest BCUT2D eigenvalue weighted by atomic mass is 16.5. The molecule has 4 atom stereocenters. The van der Waals surface area contributed by atoms with Gasteiger partial charge >= 0.3 is 5.97 Å². The molecule has 2 heterocycles. The Morgan fingerprint density at radius 3 is 2.61 bits per heavy atom. The Bertz CT molecular complexity index is 818. The third-order valence-corrected chi connectivity index (χ3v) is 5.78. The van der Waals surface area contributed by atoms with E-state index in [2.05, 4.69) is 10.1 Å². The minimum Gasteiger partial charge on any atom is -0.488 e. The quantitative estimate of drug-likeness (QED) is 0.790. The van der Waals surface area contributed by atoms with Crippen LogP contribution in [0, 0.1) is 18.8 Å². The molecule has 0 bridgehead atoms. The number of fused-ring (bicyclic) bond motifs is 1. The van der Waals surface area contributed by atoms with Gasteiger partial charge in [0, 0.05) is 19.2 Å². The highest BCUT2D eigenvalue weighted by Crippen LogP contribution is 2.38. The summed E-state index contributed by atoms with van der Waals surface area (Å²) in [6, 6.07) is 8.82. The van der Waals surface area contributed by atoms with Crippen molar-refractivity contribution in [3.63, 3.8) is 0 Å². The first-order valence-electron chi connectivity index (χ1n) is 9.69. The van der Waals surface area contributed by atoms with Crippen molar-refractivity contribution in [2.75, 3.05) is 20.2 Å². The minimum absolute atomic E-state index is 0.238. The van der Waals surface area contributed by atoms with Gasteiger partial charge < -0.3 is 19.1 Å². The molecule has 0 spiro atoms. The van der Waals surface area contributed by atoms with Crippen molar-refractivity contribution in [2.24, 2.45) is 11.8 Å². The molecule has 1 aliphatic heterocycles. The van der Waals surface area contributed by atoms with Crippen molar-refractivity contribution in [3.05, 3.63) is 47.3 Å². The van der Waals surface area contributed by atoms with Gasteiger partial charge in [0.1, 0.15) is 11.9 Å². The number of aryl methyl sites for hydroxylation is 1. The van der Waals surface area contributed by atoms with Crippen LogP contribution >= 0.6 is 0 Å². The average molecular weight is 386 g/mol. The van der Waals surface area contributed by atoms with Gasteiger partial charge in [-0.15, -0.1) is 0 Å². The second kappa shape index (κ2) is 7.93. The lowest BCUT2D eigenvalue weighted by atomic mass is 9.78. The summed E-state index contributed by atoms with van der Waals surface area (Å²) in [5.41, 5.74) is 1.38. The van der Waals surface area contributed by atoms with Crippen molar-refractivity contribution in [3.8, 4) is 5.75 Å². The molecular weight excluding hydrogens is 360 g/mol. The van der Waals surface area contributed by atoms with Crippen molar-refractivity contribution in [1.82, 2.24) is 10.1 Å². The van der Waals surface area contributed by atoms with Gasteiger partial charge in [0.05, 0.1) is 31.0 Å². The Morgan fingerprint density at radius 2 is 1.96 bits per heavy atom. The molecule has 150 valence electrons. The second-order valence-electron chi connectivity index (χ2n) is 7.86. The molecule has 2 aliphatic rings. The number of aromatic nitrogens is 1. The number of carbonyl (C=O) groups excluding carboxylic acids is 1. The molecule has 1 saturated heterocycles. The molecule has 1 N–H and O–H groups in total. The van der Waals surface area contributed by atoms with E-state index >= 15 is 0 Å². The molecule has 0 radical (unpaired) electrons. The number of benzene rings is 1. The molecule has 1 aromatic heterocycles. The van der Waals surface area contributed by atoms with Gasteiger partial charge in [0.2, 0.25) is 0 Å². The number of rotatable bonds is 5. The summed E-state index contributed by atoms with van der Waals surface area (Å²) in [6.45, 7) is 4.61. The summed E-state index contributed by atoms with van der Waals surface area (Å²) < 4.78 is 16.1. The SMILES string of the molecule is COC(=O)c1ccc(O[C@H]2C[C@@H]3CN(Cc4cc(C)no4)C[C@@H]3C[C@@H]2O)cc1. The number of esters is 1. The maximum atomic E-state index is 11.5. The molecular formula is C21H26N2O5. The van der Waals surface area contributed by atoms with Gasteiger partial charge in [-0.3, -0.25) is 4.90 Å². The van der Waals surface area contributed by atoms with Crippen LogP contribution in [0.2, 0.25) is 0 Å².